The van der Waals surface area contributed by atoms with Crippen LogP contribution >= 0.6 is 0 Å². The van der Waals surface area contributed by atoms with E-state index in [1.54, 1.807) is 0 Å². The maximum atomic E-state index is 7.01. The van der Waals surface area contributed by atoms with Crippen LogP contribution in [0.15, 0.2) is 167 Å². The molecule has 0 saturated carbocycles. The van der Waals surface area contributed by atoms with Crippen molar-refractivity contribution in [3.8, 4) is 39.5 Å². The first-order valence-electron chi connectivity index (χ1n) is 23.9. The highest BCUT2D eigenvalue weighted by atomic mass is 16.3. The van der Waals surface area contributed by atoms with Crippen molar-refractivity contribution in [2.75, 3.05) is 5.32 Å². The van der Waals surface area contributed by atoms with Gasteiger partial charge in [0.1, 0.15) is 22.7 Å². The second-order valence-corrected chi connectivity index (χ2v) is 21.5. The Balaban J connectivity index is 1.12. The van der Waals surface area contributed by atoms with Gasteiger partial charge in [-0.1, -0.05) is 163 Å². The lowest BCUT2D eigenvalue weighted by molar-refractivity contribution is 0.332. The summed E-state index contributed by atoms with van der Waals surface area (Å²) in [5.74, 6) is 1.75. The van der Waals surface area contributed by atoms with Gasteiger partial charge in [-0.25, -0.2) is 0 Å². The molecule has 0 saturated heterocycles. The largest absolute Gasteiger partial charge is 0.456 e. The molecule has 1 radical (unpaired) electrons. The lowest BCUT2D eigenvalue weighted by atomic mass is 9.58. The van der Waals surface area contributed by atoms with Crippen LogP contribution in [0.2, 0.25) is 0 Å². The first kappa shape index (κ1) is 40.1. The van der Waals surface area contributed by atoms with Gasteiger partial charge in [0.05, 0.1) is 5.52 Å². The van der Waals surface area contributed by atoms with E-state index in [1.165, 1.54) is 49.6 Å². The lowest BCUT2D eigenvalue weighted by Crippen LogP contribution is -2.37. The topological polar surface area (TPSA) is 43.2 Å². The van der Waals surface area contributed by atoms with Gasteiger partial charge in [-0.15, -0.1) is 0 Å². The van der Waals surface area contributed by atoms with Crippen LogP contribution in [0.3, 0.4) is 0 Å². The number of nitrogens with one attached hydrogen (secondary N) is 1. The van der Waals surface area contributed by atoms with Crippen molar-refractivity contribution in [3.63, 3.8) is 0 Å². The van der Waals surface area contributed by atoms with Gasteiger partial charge >= 0.3 is 0 Å². The van der Waals surface area contributed by atoms with Crippen molar-refractivity contribution < 1.29 is 8.83 Å². The third kappa shape index (κ3) is 6.13. The summed E-state index contributed by atoms with van der Waals surface area (Å²) in [6, 6.07) is 57.7. The van der Waals surface area contributed by atoms with E-state index in [4.69, 9.17) is 8.83 Å². The van der Waals surface area contributed by atoms with Crippen molar-refractivity contribution in [3.05, 3.63) is 174 Å². The van der Waals surface area contributed by atoms with E-state index in [2.05, 4.69) is 223 Å². The molecule has 1 aliphatic carbocycles. The highest BCUT2D eigenvalue weighted by Gasteiger charge is 2.39. The number of para-hydroxylation sites is 1. The highest BCUT2D eigenvalue weighted by Crippen LogP contribution is 2.50. The minimum absolute atomic E-state index is 0.0209. The molecule has 67 heavy (non-hydrogen) atoms. The van der Waals surface area contributed by atoms with E-state index in [0.717, 1.165) is 96.2 Å². The van der Waals surface area contributed by atoms with Gasteiger partial charge in [-0.3, -0.25) is 0 Å². The Labute approximate surface area is 392 Å². The molecule has 0 amide bonds. The van der Waals surface area contributed by atoms with E-state index >= 15 is 0 Å². The number of hydrogen-bond donors (Lipinski definition) is 1. The molecule has 325 valence electrons. The average Bonchev–Trinajstić information content (AvgIpc) is 3.99. The minimum atomic E-state index is 0.0209. The van der Waals surface area contributed by atoms with E-state index < -0.39 is 0 Å². The van der Waals surface area contributed by atoms with Crippen LogP contribution in [0, 0.1) is 0 Å². The molecule has 8 aromatic carbocycles. The Kier molecular flexibility index (Phi) is 8.46. The number of benzene rings is 8. The molecule has 1 N–H and O–H groups in total. The molecule has 0 unspecified atom stereocenters. The van der Waals surface area contributed by atoms with Crippen LogP contribution in [0.1, 0.15) is 78.0 Å². The fraction of sp³-hybridized carbons (Fsp3) is 0.194. The fourth-order valence-corrected chi connectivity index (χ4v) is 11.4. The first-order valence-corrected chi connectivity index (χ1v) is 23.9. The standard InChI is InChI=1S/C62H52BN2O2/c1-60(2,3)38-22-24-39(25-23-38)64-51-35-49-48(61(4,5)28-29-62(49,6)7)30-43(51)41-26-27-42-44-34-55-45(40-20-14-15-21-54(40)66-55)32-52(44)65-53-33-47-46(31-50(53)63-56(41)57(42)65)58(36-16-10-8-11-17-36)67-59(47)37-18-12-9-13-19-37/h8-27,30-35,64H,28-29H2,1-7H3. The summed E-state index contributed by atoms with van der Waals surface area (Å²) in [7, 11) is 2.45. The maximum Gasteiger partial charge on any atom is 0.197 e. The third-order valence-corrected chi connectivity index (χ3v) is 15.3. The number of anilines is 2. The van der Waals surface area contributed by atoms with Gasteiger partial charge in [0.25, 0.3) is 0 Å². The van der Waals surface area contributed by atoms with Crippen molar-refractivity contribution in [2.24, 2.45) is 0 Å². The van der Waals surface area contributed by atoms with Crippen LogP contribution in [0.25, 0.3) is 94.0 Å². The summed E-state index contributed by atoms with van der Waals surface area (Å²) in [6.07, 6.45) is 2.28. The predicted molar refractivity (Wildman–Crippen MR) is 283 cm³/mol. The van der Waals surface area contributed by atoms with Crippen molar-refractivity contribution in [1.29, 1.82) is 0 Å². The fourth-order valence-electron chi connectivity index (χ4n) is 11.4. The Morgan fingerprint density at radius 1 is 0.537 bits per heavy atom. The second-order valence-electron chi connectivity index (χ2n) is 21.5. The summed E-state index contributed by atoms with van der Waals surface area (Å²) >= 11 is 0. The van der Waals surface area contributed by atoms with Gasteiger partial charge in [0.15, 0.2) is 7.28 Å². The summed E-state index contributed by atoms with van der Waals surface area (Å²) < 4.78 is 16.1. The zero-order chi connectivity index (χ0) is 45.6. The van der Waals surface area contributed by atoms with Crippen LogP contribution < -0.4 is 16.2 Å². The SMILES string of the molecule is CC(C)(C)c1ccc(Nc2cc3c(cc2-c2ccc4c5cc6oc7ccccc7c6cc5n5c4c2[B]c2cc4c(-c6ccccc6)oc(-c6ccccc6)c4cc2-5)C(C)(C)CCC3(C)C)cc1. The number of rotatable bonds is 5. The van der Waals surface area contributed by atoms with Crippen molar-refractivity contribution >= 4 is 84.1 Å². The summed E-state index contributed by atoms with van der Waals surface area (Å²) in [5.41, 5.74) is 18.7. The minimum Gasteiger partial charge on any atom is -0.456 e. The smallest absolute Gasteiger partial charge is 0.197 e. The average molecular weight is 868 g/mol. The van der Waals surface area contributed by atoms with Gasteiger partial charge in [-0.05, 0) is 105 Å². The second kappa shape index (κ2) is 14.1. The number of hydrogen-bond acceptors (Lipinski definition) is 3. The van der Waals surface area contributed by atoms with Crippen LogP contribution in [0.5, 0.6) is 0 Å². The molecular formula is C62H52BN2O2. The van der Waals surface area contributed by atoms with E-state index in [0.29, 0.717) is 0 Å². The van der Waals surface area contributed by atoms with Crippen LogP contribution in [-0.2, 0) is 16.2 Å². The summed E-state index contributed by atoms with van der Waals surface area (Å²) in [4.78, 5) is 0. The summed E-state index contributed by atoms with van der Waals surface area (Å²) in [6.45, 7) is 16.5. The first-order chi connectivity index (χ1) is 32.3. The molecule has 3 aromatic heterocycles. The molecule has 2 aliphatic rings. The molecule has 0 atom stereocenters. The van der Waals surface area contributed by atoms with Crippen LogP contribution in [-0.4, -0.2) is 11.8 Å². The molecule has 0 fully saturated rings. The van der Waals surface area contributed by atoms with E-state index in [-0.39, 0.29) is 16.2 Å². The molecule has 13 rings (SSSR count). The molecule has 0 spiro atoms. The Hall–Kier alpha value is -7.24. The number of aromatic nitrogens is 1. The third-order valence-electron chi connectivity index (χ3n) is 15.3. The maximum absolute atomic E-state index is 7.01. The molecular weight excluding hydrogens is 816 g/mol. The zero-order valence-corrected chi connectivity index (χ0v) is 39.3. The van der Waals surface area contributed by atoms with E-state index in [1.807, 2.05) is 0 Å². The quantitative estimate of drug-likeness (QED) is 0.175. The Morgan fingerprint density at radius 3 is 1.87 bits per heavy atom. The molecule has 0 bridgehead atoms. The monoisotopic (exact) mass is 867 g/mol. The van der Waals surface area contributed by atoms with Gasteiger partial charge < -0.3 is 18.7 Å². The Bertz CT molecular complexity index is 3820. The van der Waals surface area contributed by atoms with Gasteiger partial charge in [0, 0.05) is 71.6 Å². The highest BCUT2D eigenvalue weighted by molar-refractivity contribution is 6.73. The normalized spacial score (nSPS) is 15.0. The molecule has 5 heteroatoms. The summed E-state index contributed by atoms with van der Waals surface area (Å²) in [5, 5.41) is 10.8. The predicted octanol–water partition coefficient (Wildman–Crippen LogP) is 15.8. The van der Waals surface area contributed by atoms with E-state index in [9.17, 15) is 0 Å². The number of furan rings is 2. The van der Waals surface area contributed by atoms with Crippen LogP contribution in [0.4, 0.5) is 11.4 Å². The molecule has 4 nitrogen and oxygen atoms in total. The zero-order valence-electron chi connectivity index (χ0n) is 39.3. The van der Waals surface area contributed by atoms with Gasteiger partial charge in [-0.2, -0.15) is 0 Å². The molecule has 11 aromatic rings. The van der Waals surface area contributed by atoms with Gasteiger partial charge in [0.2, 0.25) is 0 Å². The number of nitrogens with zero attached hydrogens (tertiary/aromatic N) is 1. The Morgan fingerprint density at radius 2 is 1.18 bits per heavy atom. The van der Waals surface area contributed by atoms with Crippen molar-refractivity contribution in [2.45, 2.75) is 77.6 Å². The lowest BCUT2D eigenvalue weighted by Gasteiger charge is -2.42. The molecule has 4 heterocycles. The molecule has 1 aliphatic heterocycles. The van der Waals surface area contributed by atoms with Crippen molar-refractivity contribution in [1.82, 2.24) is 4.57 Å². The number of fused-ring (bicyclic) bond motifs is 10.